The van der Waals surface area contributed by atoms with Crippen LogP contribution in [-0.4, -0.2) is 87.8 Å². The number of ether oxygens (including phenoxy) is 1. The minimum Gasteiger partial charge on any atom is -0.491 e. The maximum atomic E-state index is 14.3. The number of hydrogen-bond acceptors (Lipinski definition) is 9. The van der Waals surface area contributed by atoms with Crippen molar-refractivity contribution < 1.29 is 24.2 Å². The number of nitriles is 1. The fourth-order valence-electron chi connectivity index (χ4n) is 6.19. The summed E-state index contributed by atoms with van der Waals surface area (Å²) in [5.74, 6) is 0.0671. The molecule has 4 amide bonds. The van der Waals surface area contributed by atoms with E-state index in [4.69, 9.17) is 15.6 Å². The van der Waals surface area contributed by atoms with Gasteiger partial charge in [0, 0.05) is 24.2 Å². The number of nitrogen functional groups attached to an aromatic ring is 1. The number of hydrogen-bond donors (Lipinski definition) is 3. The molecule has 13 heteroatoms. The van der Waals surface area contributed by atoms with Gasteiger partial charge in [-0.3, -0.25) is 9.59 Å². The van der Waals surface area contributed by atoms with E-state index in [2.05, 4.69) is 11.4 Å². The van der Waals surface area contributed by atoms with Gasteiger partial charge < -0.3 is 30.7 Å². The molecule has 0 saturated carbocycles. The zero-order valence-corrected chi connectivity index (χ0v) is 26.4. The van der Waals surface area contributed by atoms with Crippen LogP contribution in [0.5, 0.6) is 5.75 Å². The molecular weight excluding hydrogens is 618 g/mol. The summed E-state index contributed by atoms with van der Waals surface area (Å²) in [4.78, 5) is 44.8. The van der Waals surface area contributed by atoms with Crippen LogP contribution in [0.1, 0.15) is 16.7 Å². The van der Waals surface area contributed by atoms with Crippen molar-refractivity contribution in [2.45, 2.75) is 31.7 Å². The second-order valence-electron chi connectivity index (χ2n) is 11.4. The predicted molar refractivity (Wildman–Crippen MR) is 177 cm³/mol. The van der Waals surface area contributed by atoms with Crippen molar-refractivity contribution in [3.05, 3.63) is 95.6 Å². The van der Waals surface area contributed by atoms with Crippen LogP contribution < -0.4 is 15.8 Å². The molecule has 2 saturated heterocycles. The molecule has 3 aromatic carbocycles. The molecule has 0 radical (unpaired) electrons. The van der Waals surface area contributed by atoms with Crippen LogP contribution in [0, 0.1) is 11.3 Å². The molecule has 0 aliphatic carbocycles. The molecule has 4 aromatic rings. The summed E-state index contributed by atoms with van der Waals surface area (Å²) in [6.45, 7) is 0.280. The Labute approximate surface area is 276 Å². The minimum atomic E-state index is -0.849. The van der Waals surface area contributed by atoms with Crippen molar-refractivity contribution in [2.75, 3.05) is 38.6 Å². The van der Waals surface area contributed by atoms with E-state index in [0.717, 1.165) is 26.8 Å². The number of carbonyl (C=O) groups is 3. The number of aliphatic hydroxyl groups excluding tert-OH is 1. The summed E-state index contributed by atoms with van der Waals surface area (Å²) in [6.07, 6.45) is -0.445. The van der Waals surface area contributed by atoms with Crippen molar-refractivity contribution in [1.82, 2.24) is 25.1 Å². The van der Waals surface area contributed by atoms with Gasteiger partial charge in [-0.2, -0.15) is 10.3 Å². The predicted octanol–water partition coefficient (Wildman–Crippen LogP) is 2.93. The lowest BCUT2D eigenvalue weighted by molar-refractivity contribution is -0.157. The highest BCUT2D eigenvalue weighted by molar-refractivity contribution is 7.22. The van der Waals surface area contributed by atoms with Crippen molar-refractivity contribution in [1.29, 1.82) is 5.26 Å². The summed E-state index contributed by atoms with van der Waals surface area (Å²) < 4.78 is 6.50. The molecule has 0 bridgehead atoms. The van der Waals surface area contributed by atoms with E-state index in [0.29, 0.717) is 10.8 Å². The Hall–Kier alpha value is -5.16. The first-order valence-electron chi connectivity index (χ1n) is 15.3. The van der Waals surface area contributed by atoms with E-state index in [9.17, 15) is 19.6 Å². The summed E-state index contributed by atoms with van der Waals surface area (Å²) >= 11 is 1.48. The third kappa shape index (κ3) is 6.85. The number of rotatable bonds is 11. The molecule has 242 valence electrons. The van der Waals surface area contributed by atoms with Gasteiger partial charge in [0.2, 0.25) is 11.8 Å². The van der Waals surface area contributed by atoms with Gasteiger partial charge in [-0.25, -0.2) is 9.80 Å². The largest absolute Gasteiger partial charge is 0.491 e. The minimum absolute atomic E-state index is 0.109. The molecule has 2 aliphatic rings. The number of thiophene rings is 1. The standard InChI is InChI=1S/C34H35N7O5S/c35-13-14-39(34(45)37-19-24-5-2-1-3-6-24)40-22-32(43)41-28(17-23-9-11-26(12-10-23)46-16-15-42)33(44)38(21-31(40)41)20-25-7-4-8-29-27(25)18-30(36)47-29/h1-12,18,28,31,42H,14-17,19-22,36H2,(H,37,45)/t28-,31+/m0/s1. The third-order valence-electron chi connectivity index (χ3n) is 8.36. The molecule has 3 heterocycles. The van der Waals surface area contributed by atoms with Crippen molar-refractivity contribution in [3.8, 4) is 11.8 Å². The Morgan fingerprint density at radius 2 is 1.87 bits per heavy atom. The number of benzene rings is 3. The monoisotopic (exact) mass is 653 g/mol. The van der Waals surface area contributed by atoms with Gasteiger partial charge in [0.1, 0.15) is 31.1 Å². The van der Waals surface area contributed by atoms with Crippen molar-refractivity contribution in [2.24, 2.45) is 0 Å². The first kappa shape index (κ1) is 31.8. The van der Waals surface area contributed by atoms with Gasteiger partial charge >= 0.3 is 6.03 Å². The van der Waals surface area contributed by atoms with Crippen LogP contribution in [0.15, 0.2) is 78.9 Å². The number of urea groups is 1. The molecule has 47 heavy (non-hydrogen) atoms. The fourth-order valence-corrected chi connectivity index (χ4v) is 7.07. The number of fused-ring (bicyclic) bond motifs is 2. The molecular formula is C34H35N7O5S. The second kappa shape index (κ2) is 14.1. The molecule has 0 spiro atoms. The number of nitrogens with one attached hydrogen (secondary N) is 1. The molecule has 2 aliphatic heterocycles. The number of aliphatic hydroxyl groups is 1. The number of anilines is 1. The Bertz CT molecular complexity index is 1790. The van der Waals surface area contributed by atoms with Gasteiger partial charge in [-0.15, -0.1) is 11.3 Å². The lowest BCUT2D eigenvalue weighted by Crippen LogP contribution is -2.66. The topological polar surface area (TPSA) is 155 Å². The van der Waals surface area contributed by atoms with Gasteiger partial charge in [-0.05, 0) is 46.3 Å². The normalized spacial score (nSPS) is 17.9. The number of nitrogens with two attached hydrogens (primary N) is 1. The highest BCUT2D eigenvalue weighted by atomic mass is 32.1. The Morgan fingerprint density at radius 3 is 2.62 bits per heavy atom. The fraction of sp³-hybridized carbons (Fsp3) is 0.294. The van der Waals surface area contributed by atoms with Gasteiger partial charge in [-0.1, -0.05) is 54.6 Å². The van der Waals surface area contributed by atoms with Crippen LogP contribution in [-0.2, 0) is 29.1 Å². The lowest BCUT2D eigenvalue weighted by atomic mass is 9.99. The first-order chi connectivity index (χ1) is 22.9. The molecule has 2 fully saturated rings. The summed E-state index contributed by atoms with van der Waals surface area (Å²) in [7, 11) is 0. The average molecular weight is 654 g/mol. The van der Waals surface area contributed by atoms with Crippen LogP contribution in [0.2, 0.25) is 0 Å². The summed E-state index contributed by atoms with van der Waals surface area (Å²) in [5.41, 5.74) is 8.74. The molecule has 1 aromatic heterocycles. The van der Waals surface area contributed by atoms with Crippen molar-refractivity contribution in [3.63, 3.8) is 0 Å². The second-order valence-corrected chi connectivity index (χ2v) is 12.5. The first-order valence-corrected chi connectivity index (χ1v) is 16.1. The summed E-state index contributed by atoms with van der Waals surface area (Å²) in [6, 6.07) is 25.1. The van der Waals surface area contributed by atoms with Crippen LogP contribution in [0.3, 0.4) is 0 Å². The van der Waals surface area contributed by atoms with E-state index in [1.165, 1.54) is 16.3 Å². The zero-order chi connectivity index (χ0) is 32.9. The van der Waals surface area contributed by atoms with Crippen LogP contribution in [0.25, 0.3) is 10.1 Å². The lowest BCUT2D eigenvalue weighted by Gasteiger charge is -2.46. The number of nitrogens with zero attached hydrogens (tertiary/aromatic N) is 5. The van der Waals surface area contributed by atoms with E-state index in [1.54, 1.807) is 26.9 Å². The van der Waals surface area contributed by atoms with Gasteiger partial charge in [0.15, 0.2) is 0 Å². The third-order valence-corrected chi connectivity index (χ3v) is 9.29. The average Bonchev–Trinajstić information content (AvgIpc) is 3.63. The molecule has 0 unspecified atom stereocenters. The van der Waals surface area contributed by atoms with E-state index >= 15 is 0 Å². The smallest absolute Gasteiger partial charge is 0.333 e. The number of amides is 4. The zero-order valence-electron chi connectivity index (χ0n) is 25.6. The molecule has 6 rings (SSSR count). The Balaban J connectivity index is 1.30. The number of hydrazine groups is 1. The van der Waals surface area contributed by atoms with Gasteiger partial charge in [0.05, 0.1) is 30.8 Å². The number of piperazine rings is 1. The maximum Gasteiger partial charge on any atom is 0.333 e. The maximum absolute atomic E-state index is 14.3. The van der Waals surface area contributed by atoms with Crippen molar-refractivity contribution >= 4 is 44.3 Å². The highest BCUT2D eigenvalue weighted by Crippen LogP contribution is 2.34. The van der Waals surface area contributed by atoms with Gasteiger partial charge in [0.25, 0.3) is 0 Å². The Kier molecular flexibility index (Phi) is 9.53. The molecule has 2 atom stereocenters. The van der Waals surface area contributed by atoms with Crippen LogP contribution >= 0.6 is 11.3 Å². The van der Waals surface area contributed by atoms with E-state index in [1.807, 2.05) is 66.7 Å². The van der Waals surface area contributed by atoms with E-state index < -0.39 is 18.2 Å². The Morgan fingerprint density at radius 1 is 1.09 bits per heavy atom. The van der Waals surface area contributed by atoms with Crippen LogP contribution in [0.4, 0.5) is 9.80 Å². The molecule has 12 nitrogen and oxygen atoms in total. The highest BCUT2D eigenvalue weighted by Gasteiger charge is 2.52. The number of carbonyl (C=O) groups excluding carboxylic acids is 3. The molecule has 4 N–H and O–H groups in total. The summed E-state index contributed by atoms with van der Waals surface area (Å²) in [5, 5.41) is 26.2. The SMILES string of the molecule is N#CCN(C(=O)NCc1ccccc1)N1CC(=O)N2[C@@H](Cc3ccc(OCCO)cc3)C(=O)N(Cc3cccc4sc(N)cc34)C[C@@H]21. The quantitative estimate of drug-likeness (QED) is 0.209. The van der Waals surface area contributed by atoms with E-state index in [-0.39, 0.29) is 64.2 Å².